The Kier molecular flexibility index (Phi) is 4.88. The highest BCUT2D eigenvalue weighted by Crippen LogP contribution is 2.43. The van der Waals surface area contributed by atoms with Crippen molar-refractivity contribution in [3.63, 3.8) is 0 Å². The summed E-state index contributed by atoms with van der Waals surface area (Å²) in [6.45, 7) is 5.86. The van der Waals surface area contributed by atoms with E-state index in [-0.39, 0.29) is 23.5 Å². The molecule has 0 aliphatic carbocycles. The first-order valence-corrected chi connectivity index (χ1v) is 10.9. The van der Waals surface area contributed by atoms with Gasteiger partial charge in [0, 0.05) is 11.6 Å². The number of amides is 1. The van der Waals surface area contributed by atoms with Crippen LogP contribution in [0.15, 0.2) is 39.5 Å². The number of imidazole rings is 1. The van der Waals surface area contributed by atoms with Gasteiger partial charge in [-0.3, -0.25) is 10.1 Å². The van der Waals surface area contributed by atoms with E-state index >= 15 is 0 Å². The maximum atomic E-state index is 12.9. The van der Waals surface area contributed by atoms with Crippen molar-refractivity contribution in [3.05, 3.63) is 57.4 Å². The smallest absolute Gasteiger partial charge is 0.340 e. The Morgan fingerprint density at radius 1 is 1.30 bits per heavy atom. The molecule has 1 aliphatic heterocycles. The lowest BCUT2D eigenvalue weighted by Gasteiger charge is -2.33. The Balaban J connectivity index is 1.52. The second kappa shape index (κ2) is 7.65. The summed E-state index contributed by atoms with van der Waals surface area (Å²) in [5.41, 5.74) is 2.96. The van der Waals surface area contributed by atoms with Gasteiger partial charge in [-0.15, -0.1) is 0 Å². The molecule has 0 unspecified atom stereocenters. The second-order valence-electron chi connectivity index (χ2n) is 8.94. The molecule has 1 aliphatic rings. The van der Waals surface area contributed by atoms with E-state index in [0.717, 1.165) is 29.4 Å². The van der Waals surface area contributed by atoms with E-state index in [0.29, 0.717) is 34.0 Å². The monoisotopic (exact) mass is 447 g/mol. The summed E-state index contributed by atoms with van der Waals surface area (Å²) in [5.74, 6) is 1.16. The lowest BCUT2D eigenvalue weighted by atomic mass is 9.91. The van der Waals surface area contributed by atoms with E-state index < -0.39 is 5.63 Å². The summed E-state index contributed by atoms with van der Waals surface area (Å²) >= 11 is 0. The molecule has 33 heavy (non-hydrogen) atoms. The highest BCUT2D eigenvalue weighted by atomic mass is 16.5. The van der Waals surface area contributed by atoms with E-state index in [1.165, 1.54) is 0 Å². The van der Waals surface area contributed by atoms with Gasteiger partial charge in [0.1, 0.15) is 22.7 Å². The molecule has 0 radical (unpaired) electrons. The topological polar surface area (TPSA) is 106 Å². The summed E-state index contributed by atoms with van der Waals surface area (Å²) in [4.78, 5) is 33.1. The number of aromatic nitrogens is 2. The number of nitrogens with one attached hydrogen (secondary N) is 2. The number of nitrogens with zero attached hydrogens (tertiary/aromatic N) is 1. The summed E-state index contributed by atoms with van der Waals surface area (Å²) in [5, 5.41) is 3.42. The molecule has 170 valence electrons. The average Bonchev–Trinajstić information content (AvgIpc) is 3.17. The molecule has 8 heteroatoms. The van der Waals surface area contributed by atoms with Crippen LogP contribution in [0.2, 0.25) is 0 Å². The number of methoxy groups -OCH3 is 1. The third-order valence-corrected chi connectivity index (χ3v) is 6.14. The number of H-pyrrole nitrogens is 1. The van der Waals surface area contributed by atoms with Crippen molar-refractivity contribution in [3.8, 4) is 11.5 Å². The zero-order valence-corrected chi connectivity index (χ0v) is 19.0. The fourth-order valence-electron chi connectivity index (χ4n) is 4.40. The fourth-order valence-corrected chi connectivity index (χ4v) is 4.40. The van der Waals surface area contributed by atoms with Crippen LogP contribution in [0.3, 0.4) is 0 Å². The van der Waals surface area contributed by atoms with Crippen LogP contribution in [0.4, 0.5) is 5.95 Å². The van der Waals surface area contributed by atoms with Crippen LogP contribution in [0.25, 0.3) is 22.0 Å². The predicted molar refractivity (Wildman–Crippen MR) is 125 cm³/mol. The standard InChI is InChI=1S/C25H25N3O5/c1-13-15(11-20(29)28-24-26-16-7-5-6-8-17(16)27-24)23(30)32-22-14-9-10-25(2,3)33-18(14)12-19(31-4)21(13)22/h5-8,12H,9-11H2,1-4H3,(H2,26,27,28,29). The predicted octanol–water partition coefficient (Wildman–Crippen LogP) is 4.27. The number of aromatic amines is 1. The normalized spacial score (nSPS) is 14.7. The second-order valence-corrected chi connectivity index (χ2v) is 8.94. The van der Waals surface area contributed by atoms with Gasteiger partial charge >= 0.3 is 5.63 Å². The third kappa shape index (κ3) is 3.71. The number of carbonyl (C=O) groups excluding carboxylic acids is 1. The minimum atomic E-state index is -0.542. The number of rotatable bonds is 4. The molecule has 0 atom stereocenters. The molecule has 8 nitrogen and oxygen atoms in total. The number of benzene rings is 2. The van der Waals surface area contributed by atoms with Gasteiger partial charge in [0.2, 0.25) is 11.9 Å². The Bertz CT molecular complexity index is 1430. The largest absolute Gasteiger partial charge is 0.496 e. The molecule has 2 N–H and O–H groups in total. The van der Waals surface area contributed by atoms with Gasteiger partial charge in [-0.2, -0.15) is 0 Å². The highest BCUT2D eigenvalue weighted by Gasteiger charge is 2.31. The molecule has 0 bridgehead atoms. The average molecular weight is 447 g/mol. The Labute approximate surface area is 189 Å². The van der Waals surface area contributed by atoms with Gasteiger partial charge in [0.15, 0.2) is 0 Å². The Morgan fingerprint density at radius 3 is 2.85 bits per heavy atom. The van der Waals surface area contributed by atoms with Crippen LogP contribution >= 0.6 is 0 Å². The van der Waals surface area contributed by atoms with Crippen molar-refractivity contribution in [1.82, 2.24) is 9.97 Å². The zero-order valence-electron chi connectivity index (χ0n) is 19.0. The van der Waals surface area contributed by atoms with E-state index in [4.69, 9.17) is 13.9 Å². The molecular formula is C25H25N3O5. The number of fused-ring (bicyclic) bond motifs is 4. The molecule has 5 rings (SSSR count). The van der Waals surface area contributed by atoms with Crippen molar-refractivity contribution in [2.75, 3.05) is 12.4 Å². The first kappa shape index (κ1) is 21.1. The molecule has 1 amide bonds. The van der Waals surface area contributed by atoms with Gasteiger partial charge in [-0.1, -0.05) is 12.1 Å². The summed E-state index contributed by atoms with van der Waals surface area (Å²) in [7, 11) is 1.56. The van der Waals surface area contributed by atoms with Gasteiger partial charge in [0.25, 0.3) is 0 Å². The third-order valence-electron chi connectivity index (χ3n) is 6.14. The number of para-hydroxylation sites is 2. The van der Waals surface area contributed by atoms with Crippen molar-refractivity contribution in [2.45, 2.75) is 45.6 Å². The minimum absolute atomic E-state index is 0.148. The van der Waals surface area contributed by atoms with E-state index in [2.05, 4.69) is 15.3 Å². The quantitative estimate of drug-likeness (QED) is 0.453. The maximum absolute atomic E-state index is 12.9. The van der Waals surface area contributed by atoms with Crippen molar-refractivity contribution < 1.29 is 18.7 Å². The maximum Gasteiger partial charge on any atom is 0.340 e. The molecule has 0 saturated carbocycles. The van der Waals surface area contributed by atoms with Crippen LogP contribution in [0.1, 0.15) is 37.0 Å². The van der Waals surface area contributed by atoms with E-state index in [1.807, 2.05) is 51.1 Å². The Morgan fingerprint density at radius 2 is 2.09 bits per heavy atom. The number of ether oxygens (including phenoxy) is 2. The number of anilines is 1. The SMILES string of the molecule is COc1cc2c(c3oc(=O)c(CC(=O)Nc4nc5ccccc5[nH]4)c(C)c13)CCC(C)(C)O2. The van der Waals surface area contributed by atoms with E-state index in [9.17, 15) is 9.59 Å². The Hall–Kier alpha value is -3.81. The molecular weight excluding hydrogens is 422 g/mol. The summed E-state index contributed by atoms with van der Waals surface area (Å²) < 4.78 is 17.5. The van der Waals surface area contributed by atoms with Gasteiger partial charge < -0.3 is 18.9 Å². The molecule has 2 aromatic heterocycles. The fraction of sp³-hybridized carbons (Fsp3) is 0.320. The first-order chi connectivity index (χ1) is 15.8. The molecule has 0 fully saturated rings. The minimum Gasteiger partial charge on any atom is -0.496 e. The molecule has 2 aromatic carbocycles. The van der Waals surface area contributed by atoms with Crippen LogP contribution in [0, 0.1) is 6.92 Å². The number of aryl methyl sites for hydroxylation is 2. The molecule has 0 saturated heterocycles. The number of hydrogen-bond donors (Lipinski definition) is 2. The molecule has 4 aromatic rings. The molecule has 3 heterocycles. The molecule has 0 spiro atoms. The van der Waals surface area contributed by atoms with Crippen LogP contribution in [-0.2, 0) is 17.6 Å². The highest BCUT2D eigenvalue weighted by molar-refractivity contribution is 5.95. The van der Waals surface area contributed by atoms with Gasteiger partial charge in [0.05, 0.1) is 35.5 Å². The number of hydrogen-bond acceptors (Lipinski definition) is 6. The van der Waals surface area contributed by atoms with Gasteiger partial charge in [-0.05, 0) is 51.3 Å². The lowest BCUT2D eigenvalue weighted by molar-refractivity contribution is -0.115. The van der Waals surface area contributed by atoms with Crippen molar-refractivity contribution >= 4 is 33.9 Å². The summed E-state index contributed by atoms with van der Waals surface area (Å²) in [6, 6.07) is 9.31. The van der Waals surface area contributed by atoms with Crippen LogP contribution < -0.4 is 20.4 Å². The van der Waals surface area contributed by atoms with Crippen molar-refractivity contribution in [2.24, 2.45) is 0 Å². The lowest BCUT2D eigenvalue weighted by Crippen LogP contribution is -2.32. The summed E-state index contributed by atoms with van der Waals surface area (Å²) in [6.07, 6.45) is 1.37. The van der Waals surface area contributed by atoms with Crippen LogP contribution in [-0.4, -0.2) is 28.6 Å². The van der Waals surface area contributed by atoms with Crippen molar-refractivity contribution in [1.29, 1.82) is 0 Å². The first-order valence-electron chi connectivity index (χ1n) is 10.9. The van der Waals surface area contributed by atoms with Gasteiger partial charge in [-0.25, -0.2) is 9.78 Å². The van der Waals surface area contributed by atoms with E-state index in [1.54, 1.807) is 7.11 Å². The zero-order chi connectivity index (χ0) is 23.3. The number of carbonyl (C=O) groups is 1. The van der Waals surface area contributed by atoms with Crippen LogP contribution in [0.5, 0.6) is 11.5 Å².